The van der Waals surface area contributed by atoms with Crippen molar-refractivity contribution in [2.45, 2.75) is 64.0 Å². The van der Waals surface area contributed by atoms with Crippen LogP contribution in [0.15, 0.2) is 35.5 Å². The standard InChI is InChI=1S/C19H22N2O3/c22-15-7-8-16(23)21(15)17-11-19-9-3-1-5-13(19)12-20-10-4-2-6-14(20)18(19)24-17/h4,10,12,17H,1-3,5-9,11H2. The number of imide groups is 1. The Balaban J connectivity index is 1.59. The smallest absolute Gasteiger partial charge is 0.232 e. The van der Waals surface area contributed by atoms with E-state index in [1.807, 2.05) is 0 Å². The van der Waals surface area contributed by atoms with Crippen molar-refractivity contribution < 1.29 is 14.3 Å². The molecule has 1 spiro atoms. The number of carbonyl (C=O) groups is 2. The first-order valence-electron chi connectivity index (χ1n) is 9.10. The molecule has 0 N–H and O–H groups in total. The van der Waals surface area contributed by atoms with Crippen LogP contribution in [-0.4, -0.2) is 27.8 Å². The molecule has 5 heteroatoms. The van der Waals surface area contributed by atoms with Crippen molar-refractivity contribution in [2.24, 2.45) is 5.41 Å². The van der Waals surface area contributed by atoms with E-state index in [2.05, 4.69) is 23.4 Å². The molecule has 2 amide bonds. The molecule has 0 bridgehead atoms. The molecule has 2 atom stereocenters. The van der Waals surface area contributed by atoms with E-state index in [4.69, 9.17) is 4.74 Å². The lowest BCUT2D eigenvalue weighted by Gasteiger charge is -2.42. The van der Waals surface area contributed by atoms with Crippen LogP contribution in [0.5, 0.6) is 0 Å². The lowest BCUT2D eigenvalue weighted by molar-refractivity contribution is -0.148. The van der Waals surface area contributed by atoms with Crippen molar-refractivity contribution in [1.82, 2.24) is 9.80 Å². The number of ether oxygens (including phenoxy) is 1. The summed E-state index contributed by atoms with van der Waals surface area (Å²) in [5.41, 5.74) is 2.56. The first-order valence-corrected chi connectivity index (χ1v) is 9.10. The van der Waals surface area contributed by atoms with Crippen molar-refractivity contribution in [1.29, 1.82) is 0 Å². The molecule has 4 heterocycles. The predicted molar refractivity (Wildman–Crippen MR) is 86.8 cm³/mol. The normalized spacial score (nSPS) is 34.8. The van der Waals surface area contributed by atoms with E-state index in [-0.39, 0.29) is 17.2 Å². The van der Waals surface area contributed by atoms with Crippen molar-refractivity contribution >= 4 is 11.8 Å². The van der Waals surface area contributed by atoms with Gasteiger partial charge in [0.2, 0.25) is 11.8 Å². The molecule has 5 aliphatic rings. The number of fused-ring (bicyclic) bond motifs is 1. The second-order valence-corrected chi connectivity index (χ2v) is 7.48. The lowest BCUT2D eigenvalue weighted by atomic mass is 9.66. The van der Waals surface area contributed by atoms with Crippen molar-refractivity contribution in [3.05, 3.63) is 35.5 Å². The summed E-state index contributed by atoms with van der Waals surface area (Å²) in [5.74, 6) is 0.890. The molecule has 5 nitrogen and oxygen atoms in total. The van der Waals surface area contributed by atoms with E-state index in [1.54, 1.807) is 0 Å². The topological polar surface area (TPSA) is 49.9 Å². The van der Waals surface area contributed by atoms with Crippen LogP contribution in [0.25, 0.3) is 0 Å². The number of hydrogen-bond acceptors (Lipinski definition) is 4. The Bertz CT molecular complexity index is 704. The van der Waals surface area contributed by atoms with E-state index in [9.17, 15) is 9.59 Å². The van der Waals surface area contributed by atoms with Gasteiger partial charge in [0, 0.05) is 31.7 Å². The van der Waals surface area contributed by atoms with E-state index < -0.39 is 6.23 Å². The number of hydrogen-bond donors (Lipinski definition) is 0. The quantitative estimate of drug-likeness (QED) is 0.695. The average molecular weight is 326 g/mol. The lowest BCUT2D eigenvalue weighted by Crippen LogP contribution is -2.40. The summed E-state index contributed by atoms with van der Waals surface area (Å²) in [6.45, 7) is 0. The number of amides is 2. The van der Waals surface area contributed by atoms with Gasteiger partial charge in [0.15, 0.2) is 6.23 Å². The maximum absolute atomic E-state index is 12.2. The van der Waals surface area contributed by atoms with Gasteiger partial charge in [-0.15, -0.1) is 0 Å². The minimum absolute atomic E-state index is 0.0765. The fraction of sp³-hybridized carbons (Fsp3) is 0.579. The molecular weight excluding hydrogens is 304 g/mol. The molecule has 2 saturated heterocycles. The summed E-state index contributed by atoms with van der Waals surface area (Å²) < 4.78 is 6.37. The van der Waals surface area contributed by atoms with Crippen LogP contribution in [-0.2, 0) is 14.3 Å². The number of nitrogens with zero attached hydrogens (tertiary/aromatic N) is 2. The summed E-state index contributed by atoms with van der Waals surface area (Å²) in [5, 5.41) is 0. The van der Waals surface area contributed by atoms with Gasteiger partial charge >= 0.3 is 0 Å². The van der Waals surface area contributed by atoms with Gasteiger partial charge in [-0.3, -0.25) is 9.59 Å². The maximum atomic E-state index is 12.2. The van der Waals surface area contributed by atoms with Crippen LogP contribution < -0.4 is 0 Å². The van der Waals surface area contributed by atoms with E-state index in [1.165, 1.54) is 29.0 Å². The zero-order valence-electron chi connectivity index (χ0n) is 13.8. The number of rotatable bonds is 1. The zero-order chi connectivity index (χ0) is 16.3. The highest BCUT2D eigenvalue weighted by molar-refractivity contribution is 6.02. The molecule has 2 unspecified atom stereocenters. The Kier molecular flexibility index (Phi) is 2.97. The van der Waals surface area contributed by atoms with E-state index >= 15 is 0 Å². The molecule has 24 heavy (non-hydrogen) atoms. The molecule has 3 fully saturated rings. The summed E-state index contributed by atoms with van der Waals surface area (Å²) in [6, 6.07) is 0. The first kappa shape index (κ1) is 14.3. The number of carbonyl (C=O) groups excluding carboxylic acids is 2. The summed E-state index contributed by atoms with van der Waals surface area (Å²) in [6.07, 6.45) is 14.1. The first-order chi connectivity index (χ1) is 11.7. The van der Waals surface area contributed by atoms with Crippen molar-refractivity contribution in [3.63, 3.8) is 0 Å². The molecule has 1 aliphatic carbocycles. The third-order valence-corrected chi connectivity index (χ3v) is 6.19. The van der Waals surface area contributed by atoms with Crippen LogP contribution in [0.2, 0.25) is 0 Å². The predicted octanol–water partition coefficient (Wildman–Crippen LogP) is 3.16. The van der Waals surface area contributed by atoms with Crippen molar-refractivity contribution in [2.75, 3.05) is 0 Å². The van der Waals surface area contributed by atoms with Gasteiger partial charge in [-0.2, -0.15) is 0 Å². The fourth-order valence-electron chi connectivity index (χ4n) is 5.05. The second kappa shape index (κ2) is 4.98. The Morgan fingerprint density at radius 1 is 1.08 bits per heavy atom. The van der Waals surface area contributed by atoms with Crippen LogP contribution in [0.1, 0.15) is 57.8 Å². The van der Waals surface area contributed by atoms with Gasteiger partial charge in [0.05, 0.1) is 11.1 Å². The average Bonchev–Trinajstić information content (AvgIpc) is 3.12. The van der Waals surface area contributed by atoms with Crippen molar-refractivity contribution in [3.8, 4) is 0 Å². The van der Waals surface area contributed by atoms with E-state index in [0.29, 0.717) is 12.8 Å². The minimum Gasteiger partial charge on any atom is -0.472 e. The monoisotopic (exact) mass is 326 g/mol. The summed E-state index contributed by atoms with van der Waals surface area (Å²) in [4.78, 5) is 28.0. The molecule has 0 aromatic carbocycles. The van der Waals surface area contributed by atoms with Crippen LogP contribution in [0.4, 0.5) is 0 Å². The number of allylic oxidation sites excluding steroid dienone is 3. The molecule has 5 rings (SSSR count). The Hall–Kier alpha value is -2.04. The van der Waals surface area contributed by atoms with Gasteiger partial charge in [-0.25, -0.2) is 4.90 Å². The van der Waals surface area contributed by atoms with Gasteiger partial charge in [0.1, 0.15) is 5.76 Å². The van der Waals surface area contributed by atoms with Gasteiger partial charge in [-0.05, 0) is 37.7 Å². The van der Waals surface area contributed by atoms with Crippen LogP contribution in [0, 0.1) is 5.41 Å². The molecule has 4 aliphatic heterocycles. The van der Waals surface area contributed by atoms with E-state index in [0.717, 1.165) is 37.9 Å². The molecule has 1 saturated carbocycles. The highest BCUT2D eigenvalue weighted by Crippen LogP contribution is 2.59. The maximum Gasteiger partial charge on any atom is 0.232 e. The summed E-state index contributed by atoms with van der Waals surface area (Å²) >= 11 is 0. The third kappa shape index (κ3) is 1.81. The second-order valence-electron chi connectivity index (χ2n) is 7.48. The Labute approximate surface area is 141 Å². The minimum atomic E-state index is -0.414. The molecule has 126 valence electrons. The molecule has 0 aromatic heterocycles. The van der Waals surface area contributed by atoms with Gasteiger partial charge < -0.3 is 9.64 Å². The number of likely N-dealkylation sites (tertiary alicyclic amines) is 1. The largest absolute Gasteiger partial charge is 0.472 e. The fourth-order valence-corrected chi connectivity index (χ4v) is 5.05. The Morgan fingerprint density at radius 3 is 2.75 bits per heavy atom. The van der Waals surface area contributed by atoms with Crippen LogP contribution in [0.3, 0.4) is 0 Å². The van der Waals surface area contributed by atoms with Gasteiger partial charge in [0.25, 0.3) is 0 Å². The SMILES string of the molecule is O=C1CCC(=O)N1C1CC23CCCCC2=CN2C=CCCC2=C3O1. The molecular formula is C19H22N2O3. The highest BCUT2D eigenvalue weighted by atomic mass is 16.5. The Morgan fingerprint density at radius 2 is 1.92 bits per heavy atom. The highest BCUT2D eigenvalue weighted by Gasteiger charge is 2.55. The summed E-state index contributed by atoms with van der Waals surface area (Å²) in [7, 11) is 0. The molecule has 0 aromatic rings. The van der Waals surface area contributed by atoms with Crippen LogP contribution >= 0.6 is 0 Å². The zero-order valence-corrected chi connectivity index (χ0v) is 13.8. The van der Waals surface area contributed by atoms with Gasteiger partial charge in [-0.1, -0.05) is 12.5 Å². The third-order valence-electron chi connectivity index (χ3n) is 6.19. The molecule has 0 radical (unpaired) electrons.